The maximum atomic E-state index is 13.4. The average molecular weight is 218 g/mol. The number of hydrogen-bond donors (Lipinski definition) is 1. The first kappa shape index (κ1) is 10.7. The number of rotatable bonds is 3. The van der Waals surface area contributed by atoms with E-state index in [-0.39, 0.29) is 17.7 Å². The summed E-state index contributed by atoms with van der Waals surface area (Å²) >= 11 is 3.94. The summed E-state index contributed by atoms with van der Waals surface area (Å²) in [5.74, 6) is -0.0507. The molecule has 0 spiro atoms. The maximum Gasteiger partial charge on any atom is 0.179 e. The van der Waals surface area contributed by atoms with Crippen LogP contribution in [0.4, 0.5) is 4.39 Å². The van der Waals surface area contributed by atoms with Gasteiger partial charge in [-0.1, -0.05) is 16.9 Å². The Balaban J connectivity index is 2.94. The summed E-state index contributed by atoms with van der Waals surface area (Å²) in [5.41, 5.74) is 0. The number of benzene rings is 1. The lowest BCUT2D eigenvalue weighted by Crippen LogP contribution is -2.07. The molecule has 1 aromatic carbocycles. The third-order valence-corrected chi connectivity index (χ3v) is 2.49. The molecule has 0 radical (unpaired) electrons. The van der Waals surface area contributed by atoms with E-state index in [4.69, 9.17) is 4.74 Å². The van der Waals surface area contributed by atoms with Crippen molar-refractivity contribution in [1.29, 1.82) is 0 Å². The Morgan fingerprint density at radius 1 is 1.46 bits per heavy atom. The molecule has 0 saturated heterocycles. The predicted molar refractivity (Wildman–Crippen MR) is 57.0 cm³/mol. The molecule has 0 N–H and O–H groups in total. The molecule has 72 valence electrons. The van der Waals surface area contributed by atoms with Crippen LogP contribution in [0.2, 0.25) is 0 Å². The summed E-state index contributed by atoms with van der Waals surface area (Å²) in [7, 11) is 1.08. The van der Waals surface area contributed by atoms with E-state index in [0.29, 0.717) is 4.90 Å². The first-order chi connectivity index (χ1) is 6.15. The third kappa shape index (κ3) is 2.81. The fourth-order valence-corrected chi connectivity index (χ4v) is 1.65. The van der Waals surface area contributed by atoms with E-state index in [0.717, 1.165) is 10.8 Å². The van der Waals surface area contributed by atoms with Crippen LogP contribution in [0.5, 0.6) is 5.75 Å². The zero-order valence-corrected chi connectivity index (χ0v) is 9.16. The first-order valence-corrected chi connectivity index (χ1v) is 5.78. The van der Waals surface area contributed by atoms with Crippen molar-refractivity contribution in [3.8, 4) is 5.75 Å². The minimum absolute atomic E-state index is 0.0188. The summed E-state index contributed by atoms with van der Waals surface area (Å²) in [4.78, 5) is 0.487. The molecule has 0 atom stereocenters. The second-order valence-electron chi connectivity index (χ2n) is 2.83. The topological polar surface area (TPSA) is 9.23 Å². The second-order valence-corrected chi connectivity index (χ2v) is 4.00. The van der Waals surface area contributed by atoms with Crippen LogP contribution in [0.15, 0.2) is 23.1 Å². The molecule has 0 fully saturated rings. The molecule has 13 heavy (non-hydrogen) atoms. The van der Waals surface area contributed by atoms with Gasteiger partial charge in [0.15, 0.2) is 11.6 Å². The predicted octanol–water partition coefficient (Wildman–Crippen LogP) is 3.55. The molecule has 0 heterocycles. The Morgan fingerprint density at radius 2 is 2.15 bits per heavy atom. The summed E-state index contributed by atoms with van der Waals surface area (Å²) < 4.78 is 18.7. The normalized spacial score (nSPS) is 10.5. The van der Waals surface area contributed by atoms with Gasteiger partial charge in [0.05, 0.1) is 11.0 Å². The van der Waals surface area contributed by atoms with E-state index in [2.05, 4.69) is 11.7 Å². The molecule has 1 rings (SSSR count). The van der Waals surface area contributed by atoms with E-state index < -0.39 is 0 Å². The van der Waals surface area contributed by atoms with Crippen molar-refractivity contribution in [2.75, 3.05) is 0 Å². The van der Waals surface area contributed by atoms with Gasteiger partial charge in [-0.05, 0) is 26.0 Å². The monoisotopic (exact) mass is 218 g/mol. The van der Waals surface area contributed by atoms with E-state index in [1.807, 2.05) is 13.8 Å². The molecule has 0 aliphatic heterocycles. The van der Waals surface area contributed by atoms with Gasteiger partial charge >= 0.3 is 0 Å². The van der Waals surface area contributed by atoms with Gasteiger partial charge in [-0.25, -0.2) is 4.39 Å². The van der Waals surface area contributed by atoms with Crippen molar-refractivity contribution in [1.82, 2.24) is 0 Å². The van der Waals surface area contributed by atoms with Crippen molar-refractivity contribution in [2.24, 2.45) is 0 Å². The van der Waals surface area contributed by atoms with Gasteiger partial charge in [0.25, 0.3) is 0 Å². The van der Waals surface area contributed by atoms with Crippen molar-refractivity contribution in [2.45, 2.75) is 24.8 Å². The van der Waals surface area contributed by atoms with Gasteiger partial charge in [0, 0.05) is 0 Å². The summed E-state index contributed by atoms with van der Waals surface area (Å²) in [5, 5.41) is 0. The molecule has 1 aromatic rings. The molecule has 0 saturated carbocycles. The molecule has 0 bridgehead atoms. The standard InChI is InChI=1S/C9H11FOS2/c1-6(2)11-7-4-3-5-8(13-12)9(7)10/h3-6,12H,1-2H3. The molecule has 0 aliphatic rings. The number of halogens is 1. The molecule has 4 heteroatoms. The quantitative estimate of drug-likeness (QED) is 0.613. The van der Waals surface area contributed by atoms with Crippen molar-refractivity contribution in [3.63, 3.8) is 0 Å². The number of hydrogen-bond acceptors (Lipinski definition) is 3. The van der Waals surface area contributed by atoms with E-state index in [1.54, 1.807) is 18.2 Å². The van der Waals surface area contributed by atoms with Gasteiger partial charge < -0.3 is 4.74 Å². The van der Waals surface area contributed by atoms with Crippen LogP contribution in [-0.2, 0) is 0 Å². The van der Waals surface area contributed by atoms with E-state index in [9.17, 15) is 4.39 Å². The molecule has 0 aliphatic carbocycles. The Hall–Kier alpha value is -0.350. The van der Waals surface area contributed by atoms with Gasteiger partial charge in [-0.15, -0.1) is 11.7 Å². The molecular weight excluding hydrogens is 207 g/mol. The average Bonchev–Trinajstić information content (AvgIpc) is 2.08. The Bertz CT molecular complexity index is 289. The van der Waals surface area contributed by atoms with Crippen LogP contribution in [-0.4, -0.2) is 6.10 Å². The van der Waals surface area contributed by atoms with Gasteiger partial charge in [-0.3, -0.25) is 0 Å². The van der Waals surface area contributed by atoms with Crippen molar-refractivity contribution >= 4 is 22.5 Å². The summed E-state index contributed by atoms with van der Waals surface area (Å²) in [6.45, 7) is 3.72. The minimum Gasteiger partial charge on any atom is -0.488 e. The van der Waals surface area contributed by atoms with Crippen LogP contribution in [0, 0.1) is 5.82 Å². The molecule has 0 amide bonds. The van der Waals surface area contributed by atoms with Crippen LogP contribution in [0.1, 0.15) is 13.8 Å². The van der Waals surface area contributed by atoms with Gasteiger partial charge in [0.1, 0.15) is 0 Å². The lowest BCUT2D eigenvalue weighted by molar-refractivity contribution is 0.229. The highest BCUT2D eigenvalue weighted by Crippen LogP contribution is 2.30. The molecule has 0 aromatic heterocycles. The molecular formula is C9H11FOS2. The van der Waals surface area contributed by atoms with Gasteiger partial charge in [0.2, 0.25) is 0 Å². The molecule has 0 unspecified atom stereocenters. The Kier molecular flexibility index (Phi) is 3.93. The summed E-state index contributed by atoms with van der Waals surface area (Å²) in [6.07, 6.45) is -0.0188. The fourth-order valence-electron chi connectivity index (χ4n) is 0.906. The number of ether oxygens (including phenoxy) is 1. The highest BCUT2D eigenvalue weighted by molar-refractivity contribution is 8.68. The van der Waals surface area contributed by atoms with E-state index in [1.165, 1.54) is 0 Å². The zero-order valence-electron chi connectivity index (χ0n) is 7.45. The lowest BCUT2D eigenvalue weighted by Gasteiger charge is -2.11. The third-order valence-electron chi connectivity index (χ3n) is 1.39. The first-order valence-electron chi connectivity index (χ1n) is 3.91. The van der Waals surface area contributed by atoms with Crippen LogP contribution in [0.25, 0.3) is 0 Å². The molecule has 1 nitrogen and oxygen atoms in total. The van der Waals surface area contributed by atoms with Crippen molar-refractivity contribution < 1.29 is 9.13 Å². The van der Waals surface area contributed by atoms with Crippen LogP contribution >= 0.6 is 22.5 Å². The summed E-state index contributed by atoms with van der Waals surface area (Å²) in [6, 6.07) is 5.03. The van der Waals surface area contributed by atoms with Gasteiger partial charge in [-0.2, -0.15) is 0 Å². The Morgan fingerprint density at radius 3 is 2.69 bits per heavy atom. The second kappa shape index (κ2) is 4.77. The zero-order chi connectivity index (χ0) is 9.84. The number of thiol groups is 1. The van der Waals surface area contributed by atoms with Crippen LogP contribution in [0.3, 0.4) is 0 Å². The van der Waals surface area contributed by atoms with Crippen molar-refractivity contribution in [3.05, 3.63) is 24.0 Å². The SMILES string of the molecule is CC(C)Oc1cccc(SS)c1F. The largest absolute Gasteiger partial charge is 0.488 e. The van der Waals surface area contributed by atoms with Crippen LogP contribution < -0.4 is 4.74 Å². The lowest BCUT2D eigenvalue weighted by atomic mass is 10.3. The highest BCUT2D eigenvalue weighted by atomic mass is 33.1. The maximum absolute atomic E-state index is 13.4. The van der Waals surface area contributed by atoms with E-state index >= 15 is 0 Å². The highest BCUT2D eigenvalue weighted by Gasteiger charge is 2.09. The Labute approximate surface area is 86.5 Å². The fraction of sp³-hybridized carbons (Fsp3) is 0.333. The smallest absolute Gasteiger partial charge is 0.179 e. The minimum atomic E-state index is -0.337.